The van der Waals surface area contributed by atoms with Crippen LogP contribution >= 0.6 is 0 Å². The van der Waals surface area contributed by atoms with E-state index in [2.05, 4.69) is 21.3 Å². The van der Waals surface area contributed by atoms with Crippen LogP contribution in [0.3, 0.4) is 0 Å². The number of halogens is 3. The van der Waals surface area contributed by atoms with Gasteiger partial charge in [0.15, 0.2) is 0 Å². The summed E-state index contributed by atoms with van der Waals surface area (Å²) in [5, 5.41) is 10.7. The molecule has 1 aliphatic heterocycles. The van der Waals surface area contributed by atoms with Gasteiger partial charge in [-0.3, -0.25) is 14.4 Å². The van der Waals surface area contributed by atoms with Gasteiger partial charge in [0.2, 0.25) is 17.7 Å². The molecule has 1 aliphatic rings. The van der Waals surface area contributed by atoms with Crippen molar-refractivity contribution in [2.75, 3.05) is 26.7 Å². The number of rotatable bonds is 18. The Kier molecular flexibility index (Phi) is 18.4. The minimum Gasteiger partial charge on any atom is -0.467 e. The molecule has 1 saturated heterocycles. The lowest BCUT2D eigenvalue weighted by atomic mass is 9.87. The quantitative estimate of drug-likeness (QED) is 0.0852. The lowest BCUT2D eigenvalue weighted by Gasteiger charge is -2.41. The number of benzene rings is 1. The second kappa shape index (κ2) is 21.7. The molecule has 5 amide bonds. The van der Waals surface area contributed by atoms with E-state index < -0.39 is 77.3 Å². The lowest BCUT2D eigenvalue weighted by molar-refractivity contribution is -0.153. The molecular weight excluding hydrogens is 739 g/mol. The Morgan fingerprint density at radius 3 is 1.93 bits per heavy atom. The first-order chi connectivity index (χ1) is 26.0. The van der Waals surface area contributed by atoms with E-state index in [-0.39, 0.29) is 64.6 Å². The maximum Gasteiger partial charge on any atom is 0.408 e. The topological polar surface area (TPSA) is 181 Å². The summed E-state index contributed by atoms with van der Waals surface area (Å²) in [6, 6.07) is 6.82. The molecule has 0 spiro atoms. The number of esters is 1. The Bertz CT molecular complexity index is 1450. The van der Waals surface area contributed by atoms with Gasteiger partial charge < -0.3 is 40.4 Å². The zero-order valence-corrected chi connectivity index (χ0v) is 33.7. The van der Waals surface area contributed by atoms with Crippen molar-refractivity contribution in [2.45, 2.75) is 147 Å². The molecule has 0 aliphatic carbocycles. The second-order valence-corrected chi connectivity index (χ2v) is 16.0. The highest BCUT2D eigenvalue weighted by atomic mass is 19.4. The number of carbonyl (C=O) groups excluding carboxylic acids is 6. The third kappa shape index (κ3) is 18.4. The van der Waals surface area contributed by atoms with Crippen molar-refractivity contribution in [2.24, 2.45) is 0 Å². The third-order valence-corrected chi connectivity index (χ3v) is 8.79. The number of hydrogen-bond donors (Lipinski definition) is 4. The van der Waals surface area contributed by atoms with Gasteiger partial charge >= 0.3 is 24.3 Å². The zero-order chi connectivity index (χ0) is 42.2. The Labute approximate surface area is 327 Å². The van der Waals surface area contributed by atoms with Crippen LogP contribution in [-0.4, -0.2) is 103 Å². The molecule has 1 aromatic carbocycles. The highest BCUT2D eigenvalue weighted by molar-refractivity contribution is 5.92. The molecule has 1 fully saturated rings. The molecule has 2 rings (SSSR count). The van der Waals surface area contributed by atoms with Crippen LogP contribution in [0.1, 0.15) is 111 Å². The number of carbonyl (C=O) groups is 6. The van der Waals surface area contributed by atoms with Crippen molar-refractivity contribution in [1.82, 2.24) is 26.2 Å². The first-order valence-corrected chi connectivity index (χ1v) is 19.1. The zero-order valence-electron chi connectivity index (χ0n) is 33.7. The van der Waals surface area contributed by atoms with Gasteiger partial charge in [0.1, 0.15) is 28.8 Å². The fraction of sp³-hybridized carbons (Fsp3) is 0.692. The first-order valence-electron chi connectivity index (χ1n) is 19.1. The molecule has 2 atom stereocenters. The summed E-state index contributed by atoms with van der Waals surface area (Å²) >= 11 is 0. The van der Waals surface area contributed by atoms with Crippen LogP contribution < -0.4 is 21.3 Å². The Hall–Kier alpha value is -4.57. The van der Waals surface area contributed by atoms with Crippen LogP contribution in [0.15, 0.2) is 30.3 Å². The fourth-order valence-electron chi connectivity index (χ4n) is 6.02. The molecule has 0 aromatic heterocycles. The average molecular weight is 800 g/mol. The number of alkyl halides is 3. The molecule has 14 nitrogen and oxygen atoms in total. The largest absolute Gasteiger partial charge is 0.467 e. The fourth-order valence-corrected chi connectivity index (χ4v) is 6.02. The van der Waals surface area contributed by atoms with Gasteiger partial charge in [-0.25, -0.2) is 14.4 Å². The van der Waals surface area contributed by atoms with Gasteiger partial charge in [0.05, 0.1) is 7.11 Å². The minimum absolute atomic E-state index is 0.00655. The molecule has 316 valence electrons. The number of methoxy groups -OCH3 is 1. The molecule has 1 heterocycles. The number of amides is 5. The Morgan fingerprint density at radius 1 is 0.786 bits per heavy atom. The summed E-state index contributed by atoms with van der Waals surface area (Å²) in [6.45, 7) is 10.4. The van der Waals surface area contributed by atoms with E-state index in [1.54, 1.807) is 41.5 Å². The lowest BCUT2D eigenvalue weighted by Crippen LogP contribution is -2.63. The van der Waals surface area contributed by atoms with Gasteiger partial charge in [-0.2, -0.15) is 13.2 Å². The van der Waals surface area contributed by atoms with E-state index in [0.29, 0.717) is 19.3 Å². The van der Waals surface area contributed by atoms with Crippen LogP contribution in [0.5, 0.6) is 0 Å². The predicted molar refractivity (Wildman–Crippen MR) is 201 cm³/mol. The summed E-state index contributed by atoms with van der Waals surface area (Å²) in [7, 11) is 1.18. The number of nitrogens with one attached hydrogen (secondary N) is 4. The average Bonchev–Trinajstić information content (AvgIpc) is 3.09. The van der Waals surface area contributed by atoms with Crippen LogP contribution in [-0.2, 0) is 39.8 Å². The van der Waals surface area contributed by atoms with Gasteiger partial charge in [-0.15, -0.1) is 0 Å². The van der Waals surface area contributed by atoms with Gasteiger partial charge in [-0.05, 0) is 98.5 Å². The standard InChI is InChI=1S/C39H60F3N5O9/c1-36(2,3)55-34(52)43-24-14-12-18-29(32(50)47-25-22-38(23-26-47,33(51)54-7)46-35(53)56-37(4,5)6)45-31(49)28(17-11-13-21-39(40,41)42)44-30(48)20-19-27-15-9-8-10-16-27/h8-10,15-16,28-29H,11-14,17-26H2,1-7H3,(H,43,52)(H,44,48)(H,45,49)(H,46,53)/t28?,29-/m1/s1. The summed E-state index contributed by atoms with van der Waals surface area (Å²) in [5.41, 5.74) is -2.14. The van der Waals surface area contributed by atoms with Gasteiger partial charge in [0.25, 0.3) is 0 Å². The number of unbranched alkanes of at least 4 members (excludes halogenated alkanes) is 2. The monoisotopic (exact) mass is 799 g/mol. The predicted octanol–water partition coefficient (Wildman–Crippen LogP) is 5.47. The molecule has 0 bridgehead atoms. The maximum atomic E-state index is 14.1. The van der Waals surface area contributed by atoms with E-state index in [9.17, 15) is 41.9 Å². The molecule has 0 radical (unpaired) electrons. The van der Waals surface area contributed by atoms with Crippen LogP contribution in [0.2, 0.25) is 0 Å². The van der Waals surface area contributed by atoms with Crippen molar-refractivity contribution in [3.8, 4) is 0 Å². The number of ether oxygens (including phenoxy) is 3. The SMILES string of the molecule is COC(=O)C1(NC(=O)OC(C)(C)C)CCN(C(=O)[C@@H](CCCCNC(=O)OC(C)(C)C)NC(=O)C(CCCCC(F)(F)F)NC(=O)CCc2ccccc2)CC1. The third-order valence-electron chi connectivity index (χ3n) is 8.79. The van der Waals surface area contributed by atoms with E-state index in [4.69, 9.17) is 14.2 Å². The van der Waals surface area contributed by atoms with Crippen molar-refractivity contribution in [1.29, 1.82) is 0 Å². The van der Waals surface area contributed by atoms with E-state index in [1.165, 1.54) is 12.0 Å². The molecule has 4 N–H and O–H groups in total. The normalized spacial score (nSPS) is 15.4. The maximum absolute atomic E-state index is 14.1. The van der Waals surface area contributed by atoms with Crippen molar-refractivity contribution in [3.05, 3.63) is 35.9 Å². The first kappa shape index (κ1) is 47.6. The molecule has 1 aromatic rings. The van der Waals surface area contributed by atoms with Crippen molar-refractivity contribution in [3.63, 3.8) is 0 Å². The minimum atomic E-state index is -4.38. The number of piperidine rings is 1. The number of nitrogens with zero attached hydrogens (tertiary/aromatic N) is 1. The molecule has 56 heavy (non-hydrogen) atoms. The highest BCUT2D eigenvalue weighted by Gasteiger charge is 2.46. The summed E-state index contributed by atoms with van der Waals surface area (Å²) in [5.74, 6) is -2.43. The van der Waals surface area contributed by atoms with E-state index >= 15 is 0 Å². The van der Waals surface area contributed by atoms with Gasteiger partial charge in [-0.1, -0.05) is 36.8 Å². The summed E-state index contributed by atoms with van der Waals surface area (Å²) in [6.07, 6.45) is -6.03. The summed E-state index contributed by atoms with van der Waals surface area (Å²) in [4.78, 5) is 80.1. The molecule has 17 heteroatoms. The van der Waals surface area contributed by atoms with Crippen molar-refractivity contribution < 1.29 is 56.1 Å². The molecular formula is C39H60F3N5O9. The highest BCUT2D eigenvalue weighted by Crippen LogP contribution is 2.26. The number of aryl methyl sites for hydroxylation is 1. The Morgan fingerprint density at radius 2 is 1.36 bits per heavy atom. The van der Waals surface area contributed by atoms with Crippen LogP contribution in [0.25, 0.3) is 0 Å². The molecule has 1 unspecified atom stereocenters. The molecule has 0 saturated carbocycles. The number of likely N-dealkylation sites (tertiary alicyclic amines) is 1. The number of hydrogen-bond acceptors (Lipinski definition) is 9. The van der Waals surface area contributed by atoms with E-state index in [0.717, 1.165) is 5.56 Å². The number of alkyl carbamates (subject to hydrolysis) is 2. The van der Waals surface area contributed by atoms with Crippen LogP contribution in [0.4, 0.5) is 22.8 Å². The van der Waals surface area contributed by atoms with Crippen LogP contribution in [0, 0.1) is 0 Å². The van der Waals surface area contributed by atoms with E-state index in [1.807, 2.05) is 30.3 Å². The second-order valence-electron chi connectivity index (χ2n) is 16.0. The smallest absolute Gasteiger partial charge is 0.408 e. The van der Waals surface area contributed by atoms with Crippen molar-refractivity contribution >= 4 is 35.9 Å². The summed E-state index contributed by atoms with van der Waals surface area (Å²) < 4.78 is 54.3. The Balaban J connectivity index is 2.24. The van der Waals surface area contributed by atoms with Gasteiger partial charge in [0, 0.05) is 32.5 Å².